The van der Waals surface area contributed by atoms with Gasteiger partial charge in [0, 0.05) is 37.5 Å². The number of morpholine rings is 1. The first-order valence-corrected chi connectivity index (χ1v) is 7.94. The summed E-state index contributed by atoms with van der Waals surface area (Å²) in [5.41, 5.74) is 1.27. The van der Waals surface area contributed by atoms with Gasteiger partial charge < -0.3 is 9.64 Å². The Labute approximate surface area is 144 Å². The van der Waals surface area contributed by atoms with Gasteiger partial charge in [0.25, 0.3) is 5.91 Å². The highest BCUT2D eigenvalue weighted by Gasteiger charge is 2.27. The van der Waals surface area contributed by atoms with E-state index >= 15 is 0 Å². The van der Waals surface area contributed by atoms with Crippen molar-refractivity contribution in [1.29, 1.82) is 0 Å². The van der Waals surface area contributed by atoms with Crippen molar-refractivity contribution in [3.8, 4) is 5.82 Å². The fourth-order valence-corrected chi connectivity index (χ4v) is 2.72. The number of amides is 1. The van der Waals surface area contributed by atoms with Crippen molar-refractivity contribution in [1.82, 2.24) is 29.6 Å². The van der Waals surface area contributed by atoms with Crippen LogP contribution in [0.5, 0.6) is 0 Å². The monoisotopic (exact) mass is 336 g/mol. The number of carbonyl (C=O) groups excluding carboxylic acids is 1. The number of hydrogen-bond acceptors (Lipinski definition) is 6. The van der Waals surface area contributed by atoms with Crippen LogP contribution in [0.4, 0.5) is 0 Å². The van der Waals surface area contributed by atoms with Crippen molar-refractivity contribution in [2.75, 3.05) is 19.7 Å². The molecule has 0 spiro atoms. The Bertz CT molecular complexity index is 835. The lowest BCUT2D eigenvalue weighted by atomic mass is 10.1. The predicted molar refractivity (Wildman–Crippen MR) is 88.0 cm³/mol. The van der Waals surface area contributed by atoms with Crippen molar-refractivity contribution in [2.45, 2.75) is 6.10 Å². The number of carbonyl (C=O) groups is 1. The van der Waals surface area contributed by atoms with E-state index in [1.807, 2.05) is 6.07 Å². The van der Waals surface area contributed by atoms with Gasteiger partial charge in [0.15, 0.2) is 5.82 Å². The number of rotatable bonds is 3. The molecular weight excluding hydrogens is 320 g/mol. The molecule has 3 aromatic heterocycles. The molecule has 3 aromatic rings. The summed E-state index contributed by atoms with van der Waals surface area (Å²) >= 11 is 0. The maximum absolute atomic E-state index is 12.7. The highest BCUT2D eigenvalue weighted by molar-refractivity contribution is 5.94. The fraction of sp³-hybridized carbons (Fsp3) is 0.235. The molecule has 126 valence electrons. The van der Waals surface area contributed by atoms with Crippen LogP contribution in [0.2, 0.25) is 0 Å². The maximum atomic E-state index is 12.7. The van der Waals surface area contributed by atoms with E-state index in [1.54, 1.807) is 58.9 Å². The fourth-order valence-electron chi connectivity index (χ4n) is 2.72. The molecule has 0 N–H and O–H groups in total. The summed E-state index contributed by atoms with van der Waals surface area (Å²) in [5, 5.41) is 4.12. The summed E-state index contributed by atoms with van der Waals surface area (Å²) in [6, 6.07) is 5.36. The molecule has 1 aliphatic heterocycles. The van der Waals surface area contributed by atoms with E-state index < -0.39 is 0 Å². The zero-order chi connectivity index (χ0) is 17.1. The number of pyridine rings is 1. The molecular formula is C17H16N6O2. The predicted octanol–water partition coefficient (Wildman–Crippen LogP) is 1.27. The highest BCUT2D eigenvalue weighted by atomic mass is 16.5. The summed E-state index contributed by atoms with van der Waals surface area (Å²) in [5.74, 6) is 0.595. The molecule has 0 radical (unpaired) electrons. The van der Waals surface area contributed by atoms with Gasteiger partial charge in [0.05, 0.1) is 30.6 Å². The van der Waals surface area contributed by atoms with Crippen LogP contribution < -0.4 is 0 Å². The second-order valence-electron chi connectivity index (χ2n) is 5.60. The second kappa shape index (κ2) is 6.78. The minimum absolute atomic E-state index is 0.0725. The molecule has 1 saturated heterocycles. The minimum atomic E-state index is -0.261. The van der Waals surface area contributed by atoms with Crippen LogP contribution in [0, 0.1) is 0 Å². The van der Waals surface area contributed by atoms with Crippen LogP contribution in [0.15, 0.2) is 55.4 Å². The van der Waals surface area contributed by atoms with Gasteiger partial charge in [0.2, 0.25) is 0 Å². The van der Waals surface area contributed by atoms with E-state index in [1.165, 1.54) is 0 Å². The van der Waals surface area contributed by atoms with Crippen molar-refractivity contribution < 1.29 is 9.53 Å². The molecule has 8 heteroatoms. The zero-order valence-electron chi connectivity index (χ0n) is 13.4. The normalized spacial score (nSPS) is 17.4. The Kier molecular flexibility index (Phi) is 4.17. The smallest absolute Gasteiger partial charge is 0.255 e. The maximum Gasteiger partial charge on any atom is 0.255 e. The lowest BCUT2D eigenvalue weighted by molar-refractivity contribution is -0.0249. The number of ether oxygens (including phenoxy) is 1. The topological polar surface area (TPSA) is 86.0 Å². The summed E-state index contributed by atoms with van der Waals surface area (Å²) in [6.45, 7) is 1.45. The quantitative estimate of drug-likeness (QED) is 0.716. The van der Waals surface area contributed by atoms with E-state index in [4.69, 9.17) is 4.74 Å². The Hall–Kier alpha value is -3.13. The van der Waals surface area contributed by atoms with Crippen molar-refractivity contribution in [3.63, 3.8) is 0 Å². The Morgan fingerprint density at radius 1 is 1.16 bits per heavy atom. The highest BCUT2D eigenvalue weighted by Crippen LogP contribution is 2.21. The van der Waals surface area contributed by atoms with E-state index in [0.717, 1.165) is 5.69 Å². The van der Waals surface area contributed by atoms with Crippen LogP contribution >= 0.6 is 0 Å². The first-order valence-electron chi connectivity index (χ1n) is 7.94. The lowest BCUT2D eigenvalue weighted by Crippen LogP contribution is -2.42. The average Bonchev–Trinajstić information content (AvgIpc) is 3.23. The van der Waals surface area contributed by atoms with E-state index in [2.05, 4.69) is 20.1 Å². The summed E-state index contributed by atoms with van der Waals surface area (Å²) in [6.07, 6.45) is 9.70. The van der Waals surface area contributed by atoms with Gasteiger partial charge >= 0.3 is 0 Å². The molecule has 4 rings (SSSR count). The molecule has 0 unspecified atom stereocenters. The van der Waals surface area contributed by atoms with Gasteiger partial charge in [-0.25, -0.2) is 9.67 Å². The van der Waals surface area contributed by atoms with E-state index in [0.29, 0.717) is 31.1 Å². The molecule has 1 atom stereocenters. The largest absolute Gasteiger partial charge is 0.368 e. The number of nitrogens with zero attached hydrogens (tertiary/aromatic N) is 6. The molecule has 25 heavy (non-hydrogen) atoms. The zero-order valence-corrected chi connectivity index (χ0v) is 13.4. The van der Waals surface area contributed by atoms with E-state index in [9.17, 15) is 4.79 Å². The first-order chi connectivity index (χ1) is 12.3. The van der Waals surface area contributed by atoms with Crippen molar-refractivity contribution >= 4 is 5.91 Å². The second-order valence-corrected chi connectivity index (χ2v) is 5.60. The molecule has 1 fully saturated rings. The molecule has 0 saturated carbocycles. The van der Waals surface area contributed by atoms with Gasteiger partial charge in [-0.1, -0.05) is 0 Å². The number of aromatic nitrogens is 5. The van der Waals surface area contributed by atoms with Crippen LogP contribution in [0.1, 0.15) is 22.2 Å². The molecule has 0 aromatic carbocycles. The molecule has 4 heterocycles. The van der Waals surface area contributed by atoms with Crippen LogP contribution in [0.25, 0.3) is 5.82 Å². The third-order valence-corrected chi connectivity index (χ3v) is 4.00. The van der Waals surface area contributed by atoms with Crippen LogP contribution in [-0.2, 0) is 4.74 Å². The molecule has 8 nitrogen and oxygen atoms in total. The summed E-state index contributed by atoms with van der Waals surface area (Å²) in [4.78, 5) is 27.1. The Balaban J connectivity index is 1.48. The van der Waals surface area contributed by atoms with Crippen LogP contribution in [-0.4, -0.2) is 55.2 Å². The van der Waals surface area contributed by atoms with Crippen molar-refractivity contribution in [3.05, 3.63) is 66.6 Å². The third kappa shape index (κ3) is 3.24. The minimum Gasteiger partial charge on any atom is -0.368 e. The molecule has 1 amide bonds. The average molecular weight is 336 g/mol. The molecule has 0 aliphatic carbocycles. The number of hydrogen-bond donors (Lipinski definition) is 0. The Morgan fingerprint density at radius 3 is 2.84 bits per heavy atom. The van der Waals surface area contributed by atoms with Gasteiger partial charge in [-0.3, -0.25) is 14.8 Å². The van der Waals surface area contributed by atoms with Crippen LogP contribution in [0.3, 0.4) is 0 Å². The summed E-state index contributed by atoms with van der Waals surface area (Å²) in [7, 11) is 0. The van der Waals surface area contributed by atoms with Gasteiger partial charge in [0.1, 0.15) is 6.10 Å². The Morgan fingerprint density at radius 2 is 2.12 bits per heavy atom. The van der Waals surface area contributed by atoms with E-state index in [-0.39, 0.29) is 12.0 Å². The first kappa shape index (κ1) is 15.4. The van der Waals surface area contributed by atoms with Gasteiger partial charge in [-0.05, 0) is 18.2 Å². The third-order valence-electron chi connectivity index (χ3n) is 4.00. The summed E-state index contributed by atoms with van der Waals surface area (Å²) < 4.78 is 7.37. The SMILES string of the molecule is O=C(c1ccc(-n2cccn2)nc1)N1CCO[C@H](c2cnccn2)C1. The van der Waals surface area contributed by atoms with Gasteiger partial charge in [-0.2, -0.15) is 5.10 Å². The van der Waals surface area contributed by atoms with Gasteiger partial charge in [-0.15, -0.1) is 0 Å². The van der Waals surface area contributed by atoms with Crippen molar-refractivity contribution in [2.24, 2.45) is 0 Å². The molecule has 0 bridgehead atoms. The lowest BCUT2D eigenvalue weighted by Gasteiger charge is -2.32. The molecule has 1 aliphatic rings. The standard InChI is InChI=1S/C17H16N6O2/c24-17(13-2-3-16(20-10-13)23-7-1-4-21-23)22-8-9-25-15(12-22)14-11-18-5-6-19-14/h1-7,10-11,15H,8-9,12H2/t15-/m0/s1.